The van der Waals surface area contributed by atoms with E-state index in [0.29, 0.717) is 0 Å². The first-order chi connectivity index (χ1) is 13.3. The van der Waals surface area contributed by atoms with Crippen molar-refractivity contribution in [1.82, 2.24) is 4.90 Å². The van der Waals surface area contributed by atoms with Gasteiger partial charge in [-0.05, 0) is 18.9 Å². The van der Waals surface area contributed by atoms with Crippen LogP contribution in [0.5, 0.6) is 0 Å². The molecule has 27 heavy (non-hydrogen) atoms. The highest BCUT2D eigenvalue weighted by molar-refractivity contribution is 5.86. The van der Waals surface area contributed by atoms with E-state index in [-0.39, 0.29) is 5.91 Å². The largest absolute Gasteiger partial charge is 0.339 e. The standard InChI is InChI=1S/C25H49NO/c1-4-7-9-11-13-15-16-18-20-22-24-26(25(27)6-3)23-21-19-17-14-12-10-8-5-2/h6H,3-5,7-24H2,1-2H3. The first-order valence-electron chi connectivity index (χ1n) is 12.2. The van der Waals surface area contributed by atoms with Gasteiger partial charge in [-0.25, -0.2) is 0 Å². The van der Waals surface area contributed by atoms with Gasteiger partial charge in [0.2, 0.25) is 5.91 Å². The molecule has 0 rings (SSSR count). The van der Waals surface area contributed by atoms with Crippen molar-refractivity contribution in [3.05, 3.63) is 12.7 Å². The van der Waals surface area contributed by atoms with Gasteiger partial charge in [-0.1, -0.05) is 123 Å². The lowest BCUT2D eigenvalue weighted by atomic mass is 10.1. The van der Waals surface area contributed by atoms with Crippen molar-refractivity contribution in [3.63, 3.8) is 0 Å². The summed E-state index contributed by atoms with van der Waals surface area (Å²) in [5.41, 5.74) is 0. The minimum atomic E-state index is 0.119. The summed E-state index contributed by atoms with van der Waals surface area (Å²) in [6, 6.07) is 0. The molecule has 0 saturated carbocycles. The van der Waals surface area contributed by atoms with E-state index < -0.39 is 0 Å². The Morgan fingerprint density at radius 2 is 0.889 bits per heavy atom. The molecule has 0 aliphatic rings. The summed E-state index contributed by atoms with van der Waals surface area (Å²) in [6.45, 7) is 10.0. The quantitative estimate of drug-likeness (QED) is 0.146. The van der Waals surface area contributed by atoms with Crippen molar-refractivity contribution >= 4 is 5.91 Å². The second-order valence-electron chi connectivity index (χ2n) is 8.19. The van der Waals surface area contributed by atoms with Crippen LogP contribution in [-0.4, -0.2) is 23.9 Å². The maximum Gasteiger partial charge on any atom is 0.245 e. The van der Waals surface area contributed by atoms with Crippen molar-refractivity contribution in [1.29, 1.82) is 0 Å². The fraction of sp³-hybridized carbons (Fsp3) is 0.880. The third-order valence-corrected chi connectivity index (χ3v) is 5.55. The lowest BCUT2D eigenvalue weighted by Gasteiger charge is -2.21. The van der Waals surface area contributed by atoms with Crippen LogP contribution in [0, 0.1) is 0 Å². The topological polar surface area (TPSA) is 20.3 Å². The number of unbranched alkanes of at least 4 members (excludes halogenated alkanes) is 16. The number of amides is 1. The van der Waals surface area contributed by atoms with E-state index in [1.165, 1.54) is 109 Å². The predicted molar refractivity (Wildman–Crippen MR) is 121 cm³/mol. The van der Waals surface area contributed by atoms with Gasteiger partial charge in [-0.3, -0.25) is 4.79 Å². The van der Waals surface area contributed by atoms with Gasteiger partial charge in [0, 0.05) is 13.1 Å². The SMILES string of the molecule is C=CC(=O)N(CCCCCCCCCC)CCCCCCCCCCCC. The van der Waals surface area contributed by atoms with Gasteiger partial charge in [0.25, 0.3) is 0 Å². The molecule has 0 spiro atoms. The molecule has 0 bridgehead atoms. The Morgan fingerprint density at radius 1 is 0.593 bits per heavy atom. The molecule has 1 amide bonds. The zero-order valence-electron chi connectivity index (χ0n) is 18.8. The van der Waals surface area contributed by atoms with E-state index in [4.69, 9.17) is 0 Å². The molecule has 0 fully saturated rings. The van der Waals surface area contributed by atoms with Crippen LogP contribution in [0.3, 0.4) is 0 Å². The highest BCUT2D eigenvalue weighted by atomic mass is 16.2. The molecule has 0 aliphatic carbocycles. The molecular weight excluding hydrogens is 330 g/mol. The summed E-state index contributed by atoms with van der Waals surface area (Å²) in [6.07, 6.45) is 25.4. The number of carbonyl (C=O) groups excluding carboxylic acids is 1. The minimum absolute atomic E-state index is 0.119. The average Bonchev–Trinajstić information content (AvgIpc) is 2.69. The molecule has 0 radical (unpaired) electrons. The smallest absolute Gasteiger partial charge is 0.245 e. The zero-order valence-corrected chi connectivity index (χ0v) is 18.8. The van der Waals surface area contributed by atoms with Gasteiger partial charge in [0.1, 0.15) is 0 Å². The normalized spacial score (nSPS) is 10.9. The Bertz CT molecular complexity index is 326. The minimum Gasteiger partial charge on any atom is -0.339 e. The number of hydrogen-bond donors (Lipinski definition) is 0. The first kappa shape index (κ1) is 26.2. The fourth-order valence-electron chi connectivity index (χ4n) is 3.69. The number of nitrogens with zero attached hydrogens (tertiary/aromatic N) is 1. The third-order valence-electron chi connectivity index (χ3n) is 5.55. The van der Waals surface area contributed by atoms with Crippen molar-refractivity contribution in [2.24, 2.45) is 0 Å². The van der Waals surface area contributed by atoms with Crippen LogP contribution in [0.25, 0.3) is 0 Å². The van der Waals surface area contributed by atoms with E-state index in [9.17, 15) is 4.79 Å². The van der Waals surface area contributed by atoms with Crippen molar-refractivity contribution in [2.75, 3.05) is 13.1 Å². The van der Waals surface area contributed by atoms with E-state index in [0.717, 1.165) is 25.9 Å². The molecule has 0 N–H and O–H groups in total. The van der Waals surface area contributed by atoms with Gasteiger partial charge in [-0.15, -0.1) is 0 Å². The molecule has 0 heterocycles. The van der Waals surface area contributed by atoms with E-state index >= 15 is 0 Å². The number of rotatable bonds is 21. The maximum atomic E-state index is 12.0. The summed E-state index contributed by atoms with van der Waals surface area (Å²) < 4.78 is 0. The molecule has 2 heteroatoms. The molecule has 0 aromatic rings. The van der Waals surface area contributed by atoms with Crippen molar-refractivity contribution in [2.45, 2.75) is 129 Å². The van der Waals surface area contributed by atoms with Crippen LogP contribution in [0.2, 0.25) is 0 Å². The fourth-order valence-corrected chi connectivity index (χ4v) is 3.69. The number of carbonyl (C=O) groups is 1. The molecule has 0 aromatic heterocycles. The Kier molecular flexibility index (Phi) is 20.9. The van der Waals surface area contributed by atoms with Gasteiger partial charge in [0.05, 0.1) is 0 Å². The summed E-state index contributed by atoms with van der Waals surface area (Å²) in [5, 5.41) is 0. The zero-order chi connectivity index (χ0) is 20.0. The lowest BCUT2D eigenvalue weighted by molar-refractivity contribution is -0.126. The van der Waals surface area contributed by atoms with E-state index in [1.54, 1.807) is 0 Å². The Balaban J connectivity index is 3.62. The van der Waals surface area contributed by atoms with Crippen LogP contribution in [0.1, 0.15) is 129 Å². The molecule has 0 aromatic carbocycles. The second kappa shape index (κ2) is 21.5. The van der Waals surface area contributed by atoms with Crippen LogP contribution >= 0.6 is 0 Å². The number of hydrogen-bond acceptors (Lipinski definition) is 1. The molecular formula is C25H49NO. The van der Waals surface area contributed by atoms with E-state index in [2.05, 4.69) is 20.4 Å². The van der Waals surface area contributed by atoms with Crippen LogP contribution < -0.4 is 0 Å². The molecule has 0 saturated heterocycles. The Labute approximate surface area is 171 Å². The van der Waals surface area contributed by atoms with Gasteiger partial charge < -0.3 is 4.90 Å². The maximum absolute atomic E-state index is 12.0. The van der Waals surface area contributed by atoms with Gasteiger partial charge in [0.15, 0.2) is 0 Å². The van der Waals surface area contributed by atoms with Gasteiger partial charge >= 0.3 is 0 Å². The summed E-state index contributed by atoms with van der Waals surface area (Å²) >= 11 is 0. The van der Waals surface area contributed by atoms with Crippen LogP contribution in [0.15, 0.2) is 12.7 Å². The highest BCUT2D eigenvalue weighted by Crippen LogP contribution is 2.12. The Morgan fingerprint density at radius 3 is 1.19 bits per heavy atom. The summed E-state index contributed by atoms with van der Waals surface area (Å²) in [5.74, 6) is 0.119. The van der Waals surface area contributed by atoms with E-state index in [1.807, 2.05) is 4.90 Å². The first-order valence-corrected chi connectivity index (χ1v) is 12.2. The second-order valence-corrected chi connectivity index (χ2v) is 8.19. The highest BCUT2D eigenvalue weighted by Gasteiger charge is 2.09. The molecule has 0 aliphatic heterocycles. The van der Waals surface area contributed by atoms with Gasteiger partial charge in [-0.2, -0.15) is 0 Å². The lowest BCUT2D eigenvalue weighted by Crippen LogP contribution is -2.31. The third kappa shape index (κ3) is 18.3. The molecule has 2 nitrogen and oxygen atoms in total. The van der Waals surface area contributed by atoms with Crippen LogP contribution in [0.4, 0.5) is 0 Å². The van der Waals surface area contributed by atoms with Crippen molar-refractivity contribution in [3.8, 4) is 0 Å². The summed E-state index contributed by atoms with van der Waals surface area (Å²) in [4.78, 5) is 14.1. The average molecular weight is 380 g/mol. The monoisotopic (exact) mass is 379 g/mol. The Hall–Kier alpha value is -0.790. The van der Waals surface area contributed by atoms with Crippen LogP contribution in [-0.2, 0) is 4.79 Å². The van der Waals surface area contributed by atoms with Crippen molar-refractivity contribution < 1.29 is 4.79 Å². The molecule has 160 valence electrons. The summed E-state index contributed by atoms with van der Waals surface area (Å²) in [7, 11) is 0. The molecule has 0 unspecified atom stereocenters. The molecule has 0 atom stereocenters. The predicted octanol–water partition coefficient (Wildman–Crippen LogP) is 8.06.